The third kappa shape index (κ3) is 4.15. The van der Waals surface area contributed by atoms with Gasteiger partial charge in [0.15, 0.2) is 5.82 Å². The Labute approximate surface area is 145 Å². The maximum Gasteiger partial charge on any atom is 0.317 e. The van der Waals surface area contributed by atoms with Gasteiger partial charge in [-0.15, -0.1) is 0 Å². The summed E-state index contributed by atoms with van der Waals surface area (Å²) < 4.78 is 10.0. The van der Waals surface area contributed by atoms with Crippen molar-refractivity contribution in [2.45, 2.75) is 25.0 Å². The molecule has 0 bridgehead atoms. The van der Waals surface area contributed by atoms with Crippen molar-refractivity contribution in [1.29, 1.82) is 0 Å². The summed E-state index contributed by atoms with van der Waals surface area (Å²) in [5.74, 6) is 0.891. The molecule has 2 aromatic rings. The fourth-order valence-corrected chi connectivity index (χ4v) is 2.87. The molecule has 0 saturated carbocycles. The van der Waals surface area contributed by atoms with Gasteiger partial charge in [0, 0.05) is 20.1 Å². The second-order valence-corrected chi connectivity index (χ2v) is 6.08. The predicted molar refractivity (Wildman–Crippen MR) is 88.6 cm³/mol. The number of likely N-dealkylation sites (tertiary alicyclic amines) is 1. The fraction of sp³-hybridized carbons (Fsp3) is 0.471. The highest BCUT2D eigenvalue weighted by Gasteiger charge is 2.39. The van der Waals surface area contributed by atoms with Crippen molar-refractivity contribution in [2.75, 3.05) is 26.8 Å². The van der Waals surface area contributed by atoms with Gasteiger partial charge in [-0.05, 0) is 12.0 Å². The molecule has 0 unspecified atom stereocenters. The van der Waals surface area contributed by atoms with Crippen molar-refractivity contribution < 1.29 is 19.2 Å². The van der Waals surface area contributed by atoms with E-state index in [0.29, 0.717) is 37.7 Å². The number of aliphatic hydroxyl groups is 1. The molecular weight excluding hydrogens is 324 g/mol. The summed E-state index contributed by atoms with van der Waals surface area (Å²) in [7, 11) is 1.61. The molecule has 1 fully saturated rings. The molecule has 2 heterocycles. The minimum absolute atomic E-state index is 0.152. The standard InChI is InChI=1S/C17H22N4O4/c1-24-10-7-14-19-15(25-20-14)11-18-16(22)21-9-8-17(23,12-21)13-5-3-2-4-6-13/h2-6,23H,7-12H2,1H3,(H,18,22)/t17-/m0/s1. The first-order valence-corrected chi connectivity index (χ1v) is 8.22. The van der Waals surface area contributed by atoms with Crippen molar-refractivity contribution in [3.63, 3.8) is 0 Å². The second-order valence-electron chi connectivity index (χ2n) is 6.08. The summed E-state index contributed by atoms with van der Waals surface area (Å²) in [4.78, 5) is 18.1. The molecule has 2 N–H and O–H groups in total. The van der Waals surface area contributed by atoms with Crippen LogP contribution < -0.4 is 5.32 Å². The molecule has 8 nitrogen and oxygen atoms in total. The van der Waals surface area contributed by atoms with Gasteiger partial charge in [-0.25, -0.2) is 4.79 Å². The second kappa shape index (κ2) is 7.62. The highest BCUT2D eigenvalue weighted by atomic mass is 16.5. The molecule has 0 aliphatic carbocycles. The summed E-state index contributed by atoms with van der Waals surface area (Å²) in [6.07, 6.45) is 1.07. The van der Waals surface area contributed by atoms with Crippen LogP contribution in [-0.4, -0.2) is 53.0 Å². The van der Waals surface area contributed by atoms with E-state index in [4.69, 9.17) is 9.26 Å². The lowest BCUT2D eigenvalue weighted by atomic mass is 9.93. The molecule has 1 aliphatic rings. The molecule has 1 aromatic heterocycles. The topological polar surface area (TPSA) is 101 Å². The lowest BCUT2D eigenvalue weighted by Gasteiger charge is -2.23. The molecule has 25 heavy (non-hydrogen) atoms. The zero-order chi connectivity index (χ0) is 17.7. The predicted octanol–water partition coefficient (Wildman–Crippen LogP) is 1.06. The van der Waals surface area contributed by atoms with Gasteiger partial charge in [-0.3, -0.25) is 0 Å². The van der Waals surface area contributed by atoms with Gasteiger partial charge < -0.3 is 24.6 Å². The van der Waals surface area contributed by atoms with Crippen molar-refractivity contribution >= 4 is 6.03 Å². The van der Waals surface area contributed by atoms with E-state index in [1.807, 2.05) is 30.3 Å². The van der Waals surface area contributed by atoms with Crippen LogP contribution in [0.5, 0.6) is 0 Å². The van der Waals surface area contributed by atoms with Crippen LogP contribution in [0, 0.1) is 0 Å². The largest absolute Gasteiger partial charge is 0.384 e. The van der Waals surface area contributed by atoms with E-state index in [-0.39, 0.29) is 19.1 Å². The Morgan fingerprint density at radius 3 is 3.00 bits per heavy atom. The quantitative estimate of drug-likeness (QED) is 0.811. The Hall–Kier alpha value is -2.45. The van der Waals surface area contributed by atoms with E-state index in [1.165, 1.54) is 0 Å². The van der Waals surface area contributed by atoms with E-state index in [1.54, 1.807) is 12.0 Å². The fourth-order valence-electron chi connectivity index (χ4n) is 2.87. The van der Waals surface area contributed by atoms with Crippen LogP contribution in [0.25, 0.3) is 0 Å². The Morgan fingerprint density at radius 1 is 1.44 bits per heavy atom. The molecule has 3 rings (SSSR count). The third-order valence-electron chi connectivity index (χ3n) is 4.28. The maximum absolute atomic E-state index is 12.3. The minimum Gasteiger partial charge on any atom is -0.384 e. The van der Waals surface area contributed by atoms with Crippen LogP contribution in [0.3, 0.4) is 0 Å². The Kier molecular flexibility index (Phi) is 5.30. The van der Waals surface area contributed by atoms with Crippen LogP contribution in [0.15, 0.2) is 34.9 Å². The summed E-state index contributed by atoms with van der Waals surface area (Å²) in [5, 5.41) is 17.3. The number of carbonyl (C=O) groups is 1. The van der Waals surface area contributed by atoms with Gasteiger partial charge in [-0.1, -0.05) is 35.5 Å². The SMILES string of the molecule is COCCc1noc(CNC(=O)N2CC[C@@](O)(c3ccccc3)C2)n1. The first-order valence-electron chi connectivity index (χ1n) is 8.22. The zero-order valence-corrected chi connectivity index (χ0v) is 14.1. The van der Waals surface area contributed by atoms with Crippen LogP contribution in [0.1, 0.15) is 23.7 Å². The zero-order valence-electron chi connectivity index (χ0n) is 14.1. The summed E-state index contributed by atoms with van der Waals surface area (Å²) in [6.45, 7) is 1.40. The number of hydrogen-bond donors (Lipinski definition) is 2. The van der Waals surface area contributed by atoms with Crippen molar-refractivity contribution in [3.8, 4) is 0 Å². The van der Waals surface area contributed by atoms with Crippen LogP contribution >= 0.6 is 0 Å². The van der Waals surface area contributed by atoms with Crippen molar-refractivity contribution in [3.05, 3.63) is 47.6 Å². The number of benzene rings is 1. The third-order valence-corrected chi connectivity index (χ3v) is 4.28. The number of rotatable bonds is 6. The number of hydrogen-bond acceptors (Lipinski definition) is 6. The monoisotopic (exact) mass is 346 g/mol. The van der Waals surface area contributed by atoms with Crippen LogP contribution in [0.2, 0.25) is 0 Å². The average Bonchev–Trinajstić information content (AvgIpc) is 3.26. The number of carbonyl (C=O) groups excluding carboxylic acids is 1. The maximum atomic E-state index is 12.3. The molecule has 1 saturated heterocycles. The smallest absolute Gasteiger partial charge is 0.317 e. The lowest BCUT2D eigenvalue weighted by Crippen LogP contribution is -2.40. The number of nitrogens with zero attached hydrogens (tertiary/aromatic N) is 3. The molecular formula is C17H22N4O4. The minimum atomic E-state index is -1.00. The molecule has 2 amide bonds. The Morgan fingerprint density at radius 2 is 2.24 bits per heavy atom. The molecule has 1 aliphatic heterocycles. The number of ether oxygens (including phenoxy) is 1. The summed E-state index contributed by atoms with van der Waals surface area (Å²) in [6, 6.07) is 9.16. The first-order chi connectivity index (χ1) is 12.1. The number of methoxy groups -OCH3 is 1. The number of amides is 2. The first kappa shape index (κ1) is 17.4. The number of aromatic nitrogens is 2. The average molecular weight is 346 g/mol. The van der Waals surface area contributed by atoms with Gasteiger partial charge in [0.1, 0.15) is 5.60 Å². The Bertz CT molecular complexity index is 706. The van der Waals surface area contributed by atoms with E-state index >= 15 is 0 Å². The van der Waals surface area contributed by atoms with E-state index in [2.05, 4.69) is 15.5 Å². The summed E-state index contributed by atoms with van der Waals surface area (Å²) >= 11 is 0. The van der Waals surface area contributed by atoms with Gasteiger partial charge in [0.05, 0.1) is 19.7 Å². The number of nitrogens with one attached hydrogen (secondary N) is 1. The normalized spacial score (nSPS) is 20.0. The Balaban J connectivity index is 1.52. The van der Waals surface area contributed by atoms with Gasteiger partial charge in [0.2, 0.25) is 5.89 Å². The highest BCUT2D eigenvalue weighted by Crippen LogP contribution is 2.31. The number of β-amino-alcohol motifs (C(OH)–C–C–N with tert-alkyl or cyclic N) is 1. The van der Waals surface area contributed by atoms with E-state index in [0.717, 1.165) is 5.56 Å². The van der Waals surface area contributed by atoms with Gasteiger partial charge in [0.25, 0.3) is 0 Å². The van der Waals surface area contributed by atoms with E-state index < -0.39 is 5.60 Å². The van der Waals surface area contributed by atoms with Crippen molar-refractivity contribution in [1.82, 2.24) is 20.4 Å². The van der Waals surface area contributed by atoms with Crippen LogP contribution in [0.4, 0.5) is 4.79 Å². The lowest BCUT2D eigenvalue weighted by molar-refractivity contribution is 0.0493. The molecule has 8 heteroatoms. The van der Waals surface area contributed by atoms with Gasteiger partial charge in [-0.2, -0.15) is 4.98 Å². The molecule has 0 spiro atoms. The molecule has 134 valence electrons. The van der Waals surface area contributed by atoms with E-state index in [9.17, 15) is 9.90 Å². The van der Waals surface area contributed by atoms with Crippen LogP contribution in [-0.2, 0) is 23.3 Å². The van der Waals surface area contributed by atoms with Gasteiger partial charge >= 0.3 is 6.03 Å². The van der Waals surface area contributed by atoms with Crippen molar-refractivity contribution in [2.24, 2.45) is 0 Å². The number of urea groups is 1. The highest BCUT2D eigenvalue weighted by molar-refractivity contribution is 5.74. The molecule has 1 atom stereocenters. The molecule has 1 aromatic carbocycles. The summed E-state index contributed by atoms with van der Waals surface area (Å²) in [5.41, 5.74) is -0.180. The molecule has 0 radical (unpaired) electrons.